The molecule has 0 saturated carbocycles. The monoisotopic (exact) mass is 233 g/mol. The molecule has 1 aromatic carbocycles. The minimum atomic E-state index is 0.658. The predicted octanol–water partition coefficient (Wildman–Crippen LogP) is 3.36. The predicted molar refractivity (Wildman–Crippen MR) is 64.9 cm³/mol. The Morgan fingerprint density at radius 2 is 1.69 bits per heavy atom. The third kappa shape index (κ3) is 3.24. The number of hydrogen-bond acceptors (Lipinski definition) is 2. The molecule has 16 heavy (non-hydrogen) atoms. The van der Waals surface area contributed by atoms with E-state index in [1.54, 1.807) is 12.4 Å². The number of aromatic nitrogens is 1. The fourth-order valence-electron chi connectivity index (χ4n) is 1.37. The lowest BCUT2D eigenvalue weighted by Gasteiger charge is -2.05. The Kier molecular flexibility index (Phi) is 3.78. The van der Waals surface area contributed by atoms with Crippen molar-refractivity contribution in [2.45, 2.75) is 6.42 Å². The van der Waals surface area contributed by atoms with Crippen LogP contribution in [0.5, 0.6) is 5.75 Å². The highest BCUT2D eigenvalue weighted by Gasteiger charge is 1.95. The summed E-state index contributed by atoms with van der Waals surface area (Å²) in [5.41, 5.74) is 1.23. The molecule has 0 bridgehead atoms. The molecular weight excluding hydrogens is 222 g/mol. The van der Waals surface area contributed by atoms with Gasteiger partial charge in [-0.25, -0.2) is 0 Å². The average molecular weight is 234 g/mol. The molecule has 1 aromatic heterocycles. The molecule has 0 aliphatic carbocycles. The molecule has 0 unspecified atom stereocenters. The van der Waals surface area contributed by atoms with E-state index >= 15 is 0 Å². The lowest BCUT2D eigenvalue weighted by atomic mass is 10.2. The number of halogens is 1. The summed E-state index contributed by atoms with van der Waals surface area (Å²) in [7, 11) is 0. The van der Waals surface area contributed by atoms with Crippen LogP contribution in [-0.2, 0) is 6.42 Å². The zero-order valence-electron chi connectivity index (χ0n) is 8.77. The van der Waals surface area contributed by atoms with Gasteiger partial charge in [0, 0.05) is 23.8 Å². The number of hydrogen-bond donors (Lipinski definition) is 0. The van der Waals surface area contributed by atoms with Gasteiger partial charge in [-0.3, -0.25) is 4.98 Å². The van der Waals surface area contributed by atoms with Gasteiger partial charge in [0.1, 0.15) is 5.75 Å². The van der Waals surface area contributed by atoms with E-state index < -0.39 is 0 Å². The standard InChI is InChI=1S/C13H12ClNO/c14-12-1-3-13(4-2-12)16-10-7-11-5-8-15-9-6-11/h1-6,8-9H,7,10H2. The molecule has 0 aliphatic rings. The van der Waals surface area contributed by atoms with Crippen molar-refractivity contribution in [2.24, 2.45) is 0 Å². The summed E-state index contributed by atoms with van der Waals surface area (Å²) in [6.45, 7) is 0.658. The highest BCUT2D eigenvalue weighted by molar-refractivity contribution is 6.30. The molecule has 2 aromatic rings. The Bertz CT molecular complexity index is 427. The highest BCUT2D eigenvalue weighted by Crippen LogP contribution is 2.15. The Morgan fingerprint density at radius 1 is 1.00 bits per heavy atom. The first-order chi connectivity index (χ1) is 7.84. The molecule has 0 aliphatic heterocycles. The van der Waals surface area contributed by atoms with Crippen LogP contribution in [0.15, 0.2) is 48.8 Å². The van der Waals surface area contributed by atoms with E-state index in [1.165, 1.54) is 5.56 Å². The molecule has 0 radical (unpaired) electrons. The second-order valence-electron chi connectivity index (χ2n) is 3.41. The normalized spacial score (nSPS) is 10.1. The summed E-state index contributed by atoms with van der Waals surface area (Å²) in [6.07, 6.45) is 4.46. The third-order valence-corrected chi connectivity index (χ3v) is 2.47. The number of rotatable bonds is 4. The van der Waals surface area contributed by atoms with Gasteiger partial charge < -0.3 is 4.74 Å². The first-order valence-electron chi connectivity index (χ1n) is 5.12. The Balaban J connectivity index is 1.82. The smallest absolute Gasteiger partial charge is 0.119 e. The molecule has 0 saturated heterocycles. The molecule has 0 amide bonds. The third-order valence-electron chi connectivity index (χ3n) is 2.22. The molecule has 1 heterocycles. The fourth-order valence-corrected chi connectivity index (χ4v) is 1.49. The molecule has 2 rings (SSSR count). The number of ether oxygens (including phenoxy) is 1. The summed E-state index contributed by atoms with van der Waals surface area (Å²) in [5.74, 6) is 0.846. The van der Waals surface area contributed by atoms with E-state index in [4.69, 9.17) is 16.3 Å². The lowest BCUT2D eigenvalue weighted by Crippen LogP contribution is -2.01. The molecule has 82 valence electrons. The van der Waals surface area contributed by atoms with Crippen molar-refractivity contribution in [3.05, 3.63) is 59.4 Å². The van der Waals surface area contributed by atoms with Crippen LogP contribution >= 0.6 is 11.6 Å². The van der Waals surface area contributed by atoms with Gasteiger partial charge >= 0.3 is 0 Å². The number of pyridine rings is 1. The SMILES string of the molecule is Clc1ccc(OCCc2ccncc2)cc1. The fraction of sp³-hybridized carbons (Fsp3) is 0.154. The van der Waals surface area contributed by atoms with Crippen LogP contribution in [0.1, 0.15) is 5.56 Å². The van der Waals surface area contributed by atoms with Gasteiger partial charge in [0.05, 0.1) is 6.61 Å². The van der Waals surface area contributed by atoms with Crippen LogP contribution in [0.25, 0.3) is 0 Å². The van der Waals surface area contributed by atoms with Crippen LogP contribution < -0.4 is 4.74 Å². The second-order valence-corrected chi connectivity index (χ2v) is 3.84. The molecule has 0 atom stereocenters. The van der Waals surface area contributed by atoms with E-state index in [-0.39, 0.29) is 0 Å². The Hall–Kier alpha value is -1.54. The highest BCUT2D eigenvalue weighted by atomic mass is 35.5. The zero-order valence-corrected chi connectivity index (χ0v) is 9.52. The van der Waals surface area contributed by atoms with Gasteiger partial charge in [0.15, 0.2) is 0 Å². The van der Waals surface area contributed by atoms with Crippen LogP contribution in [0.4, 0.5) is 0 Å². The first-order valence-corrected chi connectivity index (χ1v) is 5.50. The van der Waals surface area contributed by atoms with Crippen molar-refractivity contribution < 1.29 is 4.74 Å². The van der Waals surface area contributed by atoms with Crippen molar-refractivity contribution in [3.8, 4) is 5.75 Å². The first kappa shape index (κ1) is 11.0. The van der Waals surface area contributed by atoms with Gasteiger partial charge in [0.25, 0.3) is 0 Å². The van der Waals surface area contributed by atoms with Gasteiger partial charge in [-0.2, -0.15) is 0 Å². The summed E-state index contributed by atoms with van der Waals surface area (Å²) < 4.78 is 5.59. The Labute approximate surface area is 99.9 Å². The Morgan fingerprint density at radius 3 is 2.38 bits per heavy atom. The summed E-state index contributed by atoms with van der Waals surface area (Å²) >= 11 is 5.78. The van der Waals surface area contributed by atoms with Crippen molar-refractivity contribution >= 4 is 11.6 Å². The van der Waals surface area contributed by atoms with Crippen LogP contribution in [0.2, 0.25) is 5.02 Å². The van der Waals surface area contributed by atoms with Gasteiger partial charge in [-0.05, 0) is 42.0 Å². The molecule has 0 spiro atoms. The maximum atomic E-state index is 5.78. The van der Waals surface area contributed by atoms with Crippen molar-refractivity contribution in [1.29, 1.82) is 0 Å². The summed E-state index contributed by atoms with van der Waals surface area (Å²) in [6, 6.07) is 11.4. The largest absolute Gasteiger partial charge is 0.493 e. The maximum Gasteiger partial charge on any atom is 0.119 e. The molecule has 3 heteroatoms. The molecule has 0 fully saturated rings. The summed E-state index contributed by atoms with van der Waals surface area (Å²) in [5, 5.41) is 0.724. The average Bonchev–Trinajstić information content (AvgIpc) is 2.33. The maximum absolute atomic E-state index is 5.78. The van der Waals surface area contributed by atoms with Crippen molar-refractivity contribution in [1.82, 2.24) is 4.98 Å². The van der Waals surface area contributed by atoms with E-state index in [1.807, 2.05) is 36.4 Å². The van der Waals surface area contributed by atoms with Gasteiger partial charge in [0.2, 0.25) is 0 Å². The quantitative estimate of drug-likeness (QED) is 0.808. The van der Waals surface area contributed by atoms with Crippen LogP contribution in [0.3, 0.4) is 0 Å². The van der Waals surface area contributed by atoms with Gasteiger partial charge in [-0.15, -0.1) is 0 Å². The number of nitrogens with zero attached hydrogens (tertiary/aromatic N) is 1. The molecule has 2 nitrogen and oxygen atoms in total. The second kappa shape index (κ2) is 5.52. The van der Waals surface area contributed by atoms with Gasteiger partial charge in [-0.1, -0.05) is 11.6 Å². The van der Waals surface area contributed by atoms with Crippen LogP contribution in [0, 0.1) is 0 Å². The lowest BCUT2D eigenvalue weighted by molar-refractivity contribution is 0.322. The minimum absolute atomic E-state index is 0.658. The van der Waals surface area contributed by atoms with E-state index in [0.717, 1.165) is 17.2 Å². The van der Waals surface area contributed by atoms with Crippen LogP contribution in [-0.4, -0.2) is 11.6 Å². The number of benzene rings is 1. The van der Waals surface area contributed by atoms with Crippen molar-refractivity contribution in [2.75, 3.05) is 6.61 Å². The molecule has 0 N–H and O–H groups in total. The van der Waals surface area contributed by atoms with E-state index in [0.29, 0.717) is 6.61 Å². The topological polar surface area (TPSA) is 22.1 Å². The minimum Gasteiger partial charge on any atom is -0.493 e. The van der Waals surface area contributed by atoms with Crippen molar-refractivity contribution in [3.63, 3.8) is 0 Å². The van der Waals surface area contributed by atoms with E-state index in [2.05, 4.69) is 4.98 Å². The molecular formula is C13H12ClNO. The summed E-state index contributed by atoms with van der Waals surface area (Å²) in [4.78, 5) is 3.97. The zero-order chi connectivity index (χ0) is 11.2. The van der Waals surface area contributed by atoms with E-state index in [9.17, 15) is 0 Å².